The molecule has 5 heteroatoms. The molecule has 1 aliphatic rings. The molecule has 2 atom stereocenters. The fourth-order valence-electron chi connectivity index (χ4n) is 2.07. The minimum Gasteiger partial charge on any atom is -0.397 e. The Hall–Kier alpha value is -0.970. The van der Waals surface area contributed by atoms with Crippen molar-refractivity contribution in [1.82, 2.24) is 0 Å². The van der Waals surface area contributed by atoms with Crippen LogP contribution in [0.3, 0.4) is 0 Å². The standard InChI is InChI=1S/C12H17ClN2O2/c1-8-7-17-9(6-16)5-15(8)12-10(13)3-2-4-11(12)14/h2-4,8-9,16H,5-7,14H2,1H3. The van der Waals surface area contributed by atoms with Crippen molar-refractivity contribution in [2.24, 2.45) is 0 Å². The molecule has 0 saturated carbocycles. The number of benzene rings is 1. The summed E-state index contributed by atoms with van der Waals surface area (Å²) in [5, 5.41) is 9.80. The van der Waals surface area contributed by atoms with Crippen LogP contribution in [-0.2, 0) is 4.74 Å². The highest BCUT2D eigenvalue weighted by molar-refractivity contribution is 6.34. The van der Waals surface area contributed by atoms with E-state index in [1.165, 1.54) is 0 Å². The van der Waals surface area contributed by atoms with Crippen LogP contribution < -0.4 is 10.6 Å². The molecule has 0 aromatic heterocycles. The molecule has 1 heterocycles. The molecule has 3 N–H and O–H groups in total. The number of anilines is 2. The van der Waals surface area contributed by atoms with Gasteiger partial charge in [-0.15, -0.1) is 0 Å². The maximum atomic E-state index is 9.16. The van der Waals surface area contributed by atoms with E-state index in [0.717, 1.165) is 5.69 Å². The largest absolute Gasteiger partial charge is 0.397 e. The molecular formula is C12H17ClN2O2. The summed E-state index contributed by atoms with van der Waals surface area (Å²) in [6.45, 7) is 3.23. The van der Waals surface area contributed by atoms with Crippen LogP contribution in [0.5, 0.6) is 0 Å². The number of ether oxygens (including phenoxy) is 1. The number of nitrogens with two attached hydrogens (primary N) is 1. The van der Waals surface area contributed by atoms with Gasteiger partial charge in [-0.2, -0.15) is 0 Å². The fourth-order valence-corrected chi connectivity index (χ4v) is 2.36. The Morgan fingerprint density at radius 3 is 3.00 bits per heavy atom. The highest BCUT2D eigenvalue weighted by Gasteiger charge is 2.28. The molecule has 17 heavy (non-hydrogen) atoms. The summed E-state index contributed by atoms with van der Waals surface area (Å²) >= 11 is 6.19. The van der Waals surface area contributed by atoms with E-state index in [2.05, 4.69) is 11.8 Å². The van der Waals surface area contributed by atoms with Crippen molar-refractivity contribution in [3.63, 3.8) is 0 Å². The zero-order chi connectivity index (χ0) is 12.4. The maximum Gasteiger partial charge on any atom is 0.0981 e. The van der Waals surface area contributed by atoms with Crippen LogP contribution in [0.1, 0.15) is 6.92 Å². The summed E-state index contributed by atoms with van der Waals surface area (Å²) in [6.07, 6.45) is -0.179. The number of aliphatic hydroxyl groups excluding tert-OH is 1. The Morgan fingerprint density at radius 2 is 2.35 bits per heavy atom. The van der Waals surface area contributed by atoms with Crippen molar-refractivity contribution in [2.75, 3.05) is 30.4 Å². The van der Waals surface area contributed by atoms with Crippen molar-refractivity contribution in [1.29, 1.82) is 0 Å². The molecule has 94 valence electrons. The zero-order valence-corrected chi connectivity index (χ0v) is 10.5. The molecule has 0 spiro atoms. The average molecular weight is 257 g/mol. The first-order valence-corrected chi connectivity index (χ1v) is 6.04. The van der Waals surface area contributed by atoms with Gasteiger partial charge in [-0.3, -0.25) is 0 Å². The summed E-state index contributed by atoms with van der Waals surface area (Å²) in [6, 6.07) is 5.68. The number of morpholine rings is 1. The second-order valence-electron chi connectivity index (χ2n) is 4.32. The predicted octanol–water partition coefficient (Wildman–Crippen LogP) is 1.51. The Morgan fingerprint density at radius 1 is 1.59 bits per heavy atom. The lowest BCUT2D eigenvalue weighted by Crippen LogP contribution is -2.50. The van der Waals surface area contributed by atoms with E-state index in [1.807, 2.05) is 18.2 Å². The molecule has 1 aliphatic heterocycles. The molecule has 1 saturated heterocycles. The molecule has 0 aliphatic carbocycles. The molecule has 0 bridgehead atoms. The second-order valence-corrected chi connectivity index (χ2v) is 4.72. The lowest BCUT2D eigenvalue weighted by Gasteiger charge is -2.40. The lowest BCUT2D eigenvalue weighted by atomic mass is 10.1. The van der Waals surface area contributed by atoms with Gasteiger partial charge < -0.3 is 20.5 Å². The number of hydrogen-bond acceptors (Lipinski definition) is 4. The van der Waals surface area contributed by atoms with Crippen molar-refractivity contribution in [3.8, 4) is 0 Å². The van der Waals surface area contributed by atoms with E-state index >= 15 is 0 Å². The topological polar surface area (TPSA) is 58.7 Å². The molecule has 1 aromatic carbocycles. The summed E-state index contributed by atoms with van der Waals surface area (Å²) in [5.74, 6) is 0. The van der Waals surface area contributed by atoms with Crippen molar-refractivity contribution in [3.05, 3.63) is 23.2 Å². The Balaban J connectivity index is 2.30. The van der Waals surface area contributed by atoms with Gasteiger partial charge in [0.25, 0.3) is 0 Å². The van der Waals surface area contributed by atoms with Gasteiger partial charge in [-0.1, -0.05) is 17.7 Å². The SMILES string of the molecule is CC1COC(CO)CN1c1c(N)cccc1Cl. The van der Waals surface area contributed by atoms with Crippen molar-refractivity contribution >= 4 is 23.0 Å². The van der Waals surface area contributed by atoms with E-state index < -0.39 is 0 Å². The van der Waals surface area contributed by atoms with Crippen LogP contribution in [0.2, 0.25) is 5.02 Å². The summed E-state index contributed by atoms with van der Waals surface area (Å²) in [7, 11) is 0. The molecule has 2 rings (SSSR count). The number of nitrogens with zero attached hydrogens (tertiary/aromatic N) is 1. The molecule has 2 unspecified atom stereocenters. The molecular weight excluding hydrogens is 240 g/mol. The number of nitrogen functional groups attached to an aromatic ring is 1. The average Bonchev–Trinajstić information content (AvgIpc) is 2.31. The number of aliphatic hydroxyl groups is 1. The first kappa shape index (κ1) is 12.5. The van der Waals surface area contributed by atoms with Gasteiger partial charge in [0.05, 0.1) is 35.7 Å². The Bertz CT molecular complexity index is 380. The van der Waals surface area contributed by atoms with Gasteiger partial charge in [-0.05, 0) is 19.1 Å². The van der Waals surface area contributed by atoms with Gasteiger partial charge in [0.2, 0.25) is 0 Å². The normalized spacial score (nSPS) is 25.0. The summed E-state index contributed by atoms with van der Waals surface area (Å²) in [5.41, 5.74) is 7.46. The van der Waals surface area contributed by atoms with E-state index in [-0.39, 0.29) is 18.8 Å². The van der Waals surface area contributed by atoms with Crippen LogP contribution in [0, 0.1) is 0 Å². The third kappa shape index (κ3) is 2.49. The highest BCUT2D eigenvalue weighted by atomic mass is 35.5. The number of para-hydroxylation sites is 1. The van der Waals surface area contributed by atoms with Crippen LogP contribution in [0.4, 0.5) is 11.4 Å². The molecule has 1 fully saturated rings. The predicted molar refractivity (Wildman–Crippen MR) is 69.5 cm³/mol. The second kappa shape index (κ2) is 5.12. The summed E-state index contributed by atoms with van der Waals surface area (Å²) in [4.78, 5) is 2.10. The lowest BCUT2D eigenvalue weighted by molar-refractivity contribution is -0.0102. The van der Waals surface area contributed by atoms with Crippen molar-refractivity contribution in [2.45, 2.75) is 19.1 Å². The number of hydrogen-bond donors (Lipinski definition) is 2. The number of halogens is 1. The quantitative estimate of drug-likeness (QED) is 0.788. The maximum absolute atomic E-state index is 9.16. The van der Waals surface area contributed by atoms with Crippen LogP contribution >= 0.6 is 11.6 Å². The van der Waals surface area contributed by atoms with Gasteiger partial charge in [0.1, 0.15) is 0 Å². The summed E-state index contributed by atoms with van der Waals surface area (Å²) < 4.78 is 5.50. The van der Waals surface area contributed by atoms with Crippen LogP contribution in [-0.4, -0.2) is 37.0 Å². The van der Waals surface area contributed by atoms with E-state index in [0.29, 0.717) is 23.9 Å². The van der Waals surface area contributed by atoms with Gasteiger partial charge >= 0.3 is 0 Å². The minimum absolute atomic E-state index is 0.00752. The third-order valence-corrected chi connectivity index (χ3v) is 3.32. The highest BCUT2D eigenvalue weighted by Crippen LogP contribution is 2.34. The Labute approximate surface area is 106 Å². The monoisotopic (exact) mass is 256 g/mol. The van der Waals surface area contributed by atoms with Gasteiger partial charge in [0.15, 0.2) is 0 Å². The molecule has 4 nitrogen and oxygen atoms in total. The van der Waals surface area contributed by atoms with E-state index in [4.69, 9.17) is 27.2 Å². The van der Waals surface area contributed by atoms with Gasteiger partial charge in [-0.25, -0.2) is 0 Å². The minimum atomic E-state index is -0.179. The van der Waals surface area contributed by atoms with Crippen LogP contribution in [0.15, 0.2) is 18.2 Å². The van der Waals surface area contributed by atoms with E-state index in [1.54, 1.807) is 0 Å². The van der Waals surface area contributed by atoms with Crippen molar-refractivity contribution < 1.29 is 9.84 Å². The van der Waals surface area contributed by atoms with Gasteiger partial charge in [0, 0.05) is 12.6 Å². The fraction of sp³-hybridized carbons (Fsp3) is 0.500. The first-order chi connectivity index (χ1) is 8.13. The third-order valence-electron chi connectivity index (χ3n) is 3.01. The molecule has 1 aromatic rings. The smallest absolute Gasteiger partial charge is 0.0981 e. The first-order valence-electron chi connectivity index (χ1n) is 5.66. The Kier molecular flexibility index (Phi) is 3.76. The zero-order valence-electron chi connectivity index (χ0n) is 9.77. The van der Waals surface area contributed by atoms with E-state index in [9.17, 15) is 0 Å². The van der Waals surface area contributed by atoms with Crippen LogP contribution in [0.25, 0.3) is 0 Å². The number of rotatable bonds is 2. The molecule has 0 amide bonds. The molecule has 0 radical (unpaired) electrons.